The summed E-state index contributed by atoms with van der Waals surface area (Å²) < 4.78 is 29.8. The molecule has 2 atom stereocenters. The Bertz CT molecular complexity index is 763. The van der Waals surface area contributed by atoms with Gasteiger partial charge in [-0.3, -0.25) is 0 Å². The zero-order valence-corrected chi connectivity index (χ0v) is 30.1. The molecule has 6 nitrogen and oxygen atoms in total. The lowest BCUT2D eigenvalue weighted by Gasteiger charge is -2.22. The van der Waals surface area contributed by atoms with Gasteiger partial charge in [-0.1, -0.05) is 168 Å². The summed E-state index contributed by atoms with van der Waals surface area (Å²) in [5.41, 5.74) is 0. The van der Waals surface area contributed by atoms with Gasteiger partial charge in [0.1, 0.15) is 6.10 Å². The number of cyclic esters (lactones) is 1. The van der Waals surface area contributed by atoms with Crippen molar-refractivity contribution in [1.29, 1.82) is 0 Å². The van der Waals surface area contributed by atoms with E-state index in [1.54, 1.807) is 0 Å². The summed E-state index contributed by atoms with van der Waals surface area (Å²) in [4.78, 5) is 12.8. The zero-order chi connectivity index (χ0) is 32.4. The molecule has 2 aliphatic heterocycles. The summed E-state index contributed by atoms with van der Waals surface area (Å²) in [7, 11) is 0. The van der Waals surface area contributed by atoms with E-state index in [0.717, 1.165) is 25.7 Å². The van der Waals surface area contributed by atoms with E-state index < -0.39 is 17.9 Å². The highest BCUT2D eigenvalue weighted by Gasteiger charge is 2.48. The van der Waals surface area contributed by atoms with Crippen LogP contribution in [0.2, 0.25) is 0 Å². The lowest BCUT2D eigenvalue weighted by atomic mass is 10.0. The van der Waals surface area contributed by atoms with E-state index in [2.05, 4.69) is 13.8 Å². The first-order valence-corrected chi connectivity index (χ1v) is 19.5. The number of hydrogen-bond acceptors (Lipinski definition) is 6. The number of carbonyl (C=O) groups excluding carboxylic acids is 1. The smallest absolute Gasteiger partial charge is 0.378 e. The lowest BCUT2D eigenvalue weighted by Crippen LogP contribution is -2.33. The monoisotopic (exact) mass is 637 g/mol. The molecule has 6 heteroatoms. The fourth-order valence-corrected chi connectivity index (χ4v) is 6.44. The first-order chi connectivity index (χ1) is 22.0. The minimum Gasteiger partial charge on any atom is -0.490 e. The van der Waals surface area contributed by atoms with Gasteiger partial charge in [-0.25, -0.2) is 4.79 Å². The summed E-state index contributed by atoms with van der Waals surface area (Å²) in [6.07, 6.45) is 32.9. The number of ether oxygens (including phenoxy) is 5. The Hall–Kier alpha value is -1.27. The first-order valence-electron chi connectivity index (χ1n) is 19.5. The summed E-state index contributed by atoms with van der Waals surface area (Å²) in [6, 6.07) is 0. The minimum absolute atomic E-state index is 0.238. The highest BCUT2D eigenvalue weighted by Crippen LogP contribution is 2.34. The number of esters is 1. The molecule has 0 unspecified atom stereocenters. The molecule has 0 N–H and O–H groups in total. The number of hydrogen-bond donors (Lipinski definition) is 0. The van der Waals surface area contributed by atoms with Crippen LogP contribution in [0.1, 0.15) is 195 Å². The van der Waals surface area contributed by atoms with Crippen LogP contribution in [0.25, 0.3) is 0 Å². The van der Waals surface area contributed by atoms with Gasteiger partial charge in [0.2, 0.25) is 5.76 Å². The van der Waals surface area contributed by atoms with Crippen molar-refractivity contribution < 1.29 is 28.5 Å². The molecule has 0 aromatic rings. The molecule has 0 spiro atoms. The SMILES string of the molecule is CCCCCCCCCCCCCCCOC1=C(OCCCCCCCCCCCCCCC)[C@@H]([C@@H]2COC(C)(C)O2)OC1=O. The number of carbonyl (C=O) groups is 1. The maximum Gasteiger partial charge on any atom is 0.378 e. The van der Waals surface area contributed by atoms with Gasteiger partial charge < -0.3 is 23.7 Å². The third-order valence-corrected chi connectivity index (χ3v) is 9.27. The van der Waals surface area contributed by atoms with Gasteiger partial charge in [0, 0.05) is 0 Å². The molecular weight excluding hydrogens is 564 g/mol. The van der Waals surface area contributed by atoms with E-state index >= 15 is 0 Å². The Morgan fingerprint density at radius 3 is 1.33 bits per heavy atom. The second-order valence-electron chi connectivity index (χ2n) is 14.1. The summed E-state index contributed by atoms with van der Waals surface area (Å²) in [6.45, 7) is 9.75. The van der Waals surface area contributed by atoms with Crippen molar-refractivity contribution in [3.63, 3.8) is 0 Å². The van der Waals surface area contributed by atoms with Gasteiger partial charge in [0.05, 0.1) is 19.8 Å². The van der Waals surface area contributed by atoms with Crippen LogP contribution in [-0.4, -0.2) is 43.8 Å². The Labute approximate surface area is 278 Å². The molecule has 2 heterocycles. The number of rotatable bonds is 31. The summed E-state index contributed by atoms with van der Waals surface area (Å²) >= 11 is 0. The van der Waals surface area contributed by atoms with Gasteiger partial charge >= 0.3 is 5.97 Å². The van der Waals surface area contributed by atoms with Crippen LogP contribution in [0.15, 0.2) is 11.5 Å². The Morgan fingerprint density at radius 2 is 0.956 bits per heavy atom. The van der Waals surface area contributed by atoms with E-state index in [0.29, 0.717) is 25.6 Å². The van der Waals surface area contributed by atoms with Gasteiger partial charge in [-0.15, -0.1) is 0 Å². The largest absolute Gasteiger partial charge is 0.490 e. The third kappa shape index (κ3) is 18.6. The molecule has 264 valence electrons. The molecule has 45 heavy (non-hydrogen) atoms. The molecule has 0 aliphatic carbocycles. The van der Waals surface area contributed by atoms with Crippen LogP contribution in [0, 0.1) is 0 Å². The molecule has 1 saturated heterocycles. The number of unbranched alkanes of at least 4 members (excludes halogenated alkanes) is 24. The molecule has 2 rings (SSSR count). The maximum atomic E-state index is 12.8. The van der Waals surface area contributed by atoms with E-state index in [9.17, 15) is 4.79 Å². The van der Waals surface area contributed by atoms with Crippen molar-refractivity contribution in [1.82, 2.24) is 0 Å². The topological polar surface area (TPSA) is 63.2 Å². The van der Waals surface area contributed by atoms with Gasteiger partial charge in [0.25, 0.3) is 0 Å². The molecular formula is C39H72O6. The normalized spacial score (nSPS) is 19.4. The van der Waals surface area contributed by atoms with Crippen molar-refractivity contribution >= 4 is 5.97 Å². The predicted octanol–water partition coefficient (Wildman–Crippen LogP) is 11.5. The van der Waals surface area contributed by atoms with E-state index in [1.165, 1.54) is 141 Å². The summed E-state index contributed by atoms with van der Waals surface area (Å²) in [5.74, 6) is -0.402. The highest BCUT2D eigenvalue weighted by molar-refractivity contribution is 5.89. The summed E-state index contributed by atoms with van der Waals surface area (Å²) in [5, 5.41) is 0. The van der Waals surface area contributed by atoms with Gasteiger partial charge in [0.15, 0.2) is 17.7 Å². The van der Waals surface area contributed by atoms with Crippen molar-refractivity contribution in [3.8, 4) is 0 Å². The Kier molecular flexibility index (Phi) is 22.9. The molecule has 0 bridgehead atoms. The lowest BCUT2D eigenvalue weighted by molar-refractivity contribution is -0.163. The average Bonchev–Trinajstić information content (AvgIpc) is 3.54. The van der Waals surface area contributed by atoms with Crippen LogP contribution in [-0.2, 0) is 28.5 Å². The second kappa shape index (κ2) is 25.8. The van der Waals surface area contributed by atoms with Crippen LogP contribution in [0.5, 0.6) is 0 Å². The first kappa shape index (κ1) is 39.9. The van der Waals surface area contributed by atoms with Gasteiger partial charge in [-0.05, 0) is 26.7 Å². The van der Waals surface area contributed by atoms with Crippen LogP contribution >= 0.6 is 0 Å². The van der Waals surface area contributed by atoms with E-state index in [-0.39, 0.29) is 11.9 Å². The molecule has 0 aromatic carbocycles. The average molecular weight is 637 g/mol. The van der Waals surface area contributed by atoms with Crippen LogP contribution in [0.3, 0.4) is 0 Å². The molecule has 0 amide bonds. The quantitative estimate of drug-likeness (QED) is 0.0557. The van der Waals surface area contributed by atoms with Crippen LogP contribution in [0.4, 0.5) is 0 Å². The molecule has 0 saturated carbocycles. The van der Waals surface area contributed by atoms with Crippen molar-refractivity contribution in [2.24, 2.45) is 0 Å². The van der Waals surface area contributed by atoms with E-state index in [1.807, 2.05) is 13.8 Å². The van der Waals surface area contributed by atoms with Crippen molar-refractivity contribution in [2.75, 3.05) is 19.8 Å². The standard InChI is InChI=1S/C39H72O6/c1-5-7-9-11-13-15-17-19-21-23-25-27-29-31-41-36-35(34-33-43-39(3,4)45-34)44-38(40)37(36)42-32-30-28-26-24-22-20-18-16-14-12-10-8-6-2/h34-35H,5-33H2,1-4H3/t34-,35+/m0/s1. The fraction of sp³-hybridized carbons (Fsp3) is 0.923. The van der Waals surface area contributed by atoms with Crippen molar-refractivity contribution in [3.05, 3.63) is 11.5 Å². The highest BCUT2D eigenvalue weighted by atomic mass is 16.8. The molecule has 1 fully saturated rings. The Balaban J connectivity index is 1.63. The molecule has 0 radical (unpaired) electrons. The van der Waals surface area contributed by atoms with Crippen molar-refractivity contribution in [2.45, 2.75) is 213 Å². The molecule has 2 aliphatic rings. The minimum atomic E-state index is -0.699. The fourth-order valence-electron chi connectivity index (χ4n) is 6.44. The van der Waals surface area contributed by atoms with E-state index in [4.69, 9.17) is 23.7 Å². The second-order valence-corrected chi connectivity index (χ2v) is 14.1. The predicted molar refractivity (Wildman–Crippen MR) is 185 cm³/mol. The van der Waals surface area contributed by atoms with Gasteiger partial charge in [-0.2, -0.15) is 0 Å². The maximum absolute atomic E-state index is 12.8. The zero-order valence-electron chi connectivity index (χ0n) is 30.1. The molecule has 0 aromatic heterocycles. The van der Waals surface area contributed by atoms with Crippen LogP contribution < -0.4 is 0 Å². The third-order valence-electron chi connectivity index (χ3n) is 9.27. The Morgan fingerprint density at radius 1 is 0.578 bits per heavy atom.